The minimum Gasteiger partial charge on any atom is -0.464 e. The van der Waals surface area contributed by atoms with Gasteiger partial charge in [0.25, 0.3) is 0 Å². The Balaban J connectivity index is 1.69. The predicted molar refractivity (Wildman–Crippen MR) is 128 cm³/mol. The summed E-state index contributed by atoms with van der Waals surface area (Å²) in [4.78, 5) is 15.6. The Morgan fingerprint density at radius 3 is 1.71 bits per heavy atom. The zero-order valence-corrected chi connectivity index (χ0v) is 18.3. The summed E-state index contributed by atoms with van der Waals surface area (Å²) in [5.41, 5.74) is 1.92. The van der Waals surface area contributed by atoms with Crippen molar-refractivity contribution in [3.8, 4) is 0 Å². The molecule has 0 aliphatic carbocycles. The molecule has 0 unspecified atom stereocenters. The van der Waals surface area contributed by atoms with Gasteiger partial charge in [0.15, 0.2) is 0 Å². The van der Waals surface area contributed by atoms with E-state index in [1.165, 1.54) is 10.8 Å². The topological polar surface area (TPSA) is 29.5 Å². The molecule has 0 saturated carbocycles. The van der Waals surface area contributed by atoms with Crippen molar-refractivity contribution in [2.75, 3.05) is 26.2 Å². The summed E-state index contributed by atoms with van der Waals surface area (Å²) in [6, 6.07) is 29.0. The van der Waals surface area contributed by atoms with E-state index >= 15 is 0 Å². The third-order valence-electron chi connectivity index (χ3n) is 6.00. The second kappa shape index (κ2) is 9.76. The number of hydrogen-bond acceptors (Lipinski definition) is 3. The Bertz CT molecular complexity index is 1100. The van der Waals surface area contributed by atoms with Crippen molar-refractivity contribution in [1.82, 2.24) is 4.90 Å². The van der Waals surface area contributed by atoms with E-state index in [9.17, 15) is 4.79 Å². The summed E-state index contributed by atoms with van der Waals surface area (Å²) >= 11 is 0. The maximum absolute atomic E-state index is 13.3. The van der Waals surface area contributed by atoms with Gasteiger partial charge in [0.05, 0.1) is 0 Å². The normalized spacial score (nSPS) is 11.5. The van der Waals surface area contributed by atoms with Crippen molar-refractivity contribution >= 4 is 27.5 Å². The van der Waals surface area contributed by atoms with Crippen molar-refractivity contribution < 1.29 is 9.53 Å². The maximum Gasteiger partial charge on any atom is 0.317 e. The third kappa shape index (κ3) is 4.78. The highest BCUT2D eigenvalue weighted by Crippen LogP contribution is 2.31. The number of benzene rings is 4. The summed E-state index contributed by atoms with van der Waals surface area (Å²) < 4.78 is 5.79. The molecule has 0 radical (unpaired) electrons. The fourth-order valence-electron chi connectivity index (χ4n) is 4.14. The van der Waals surface area contributed by atoms with Gasteiger partial charge in [-0.25, -0.2) is 0 Å². The molecular weight excluding hydrogens is 382 g/mol. The van der Waals surface area contributed by atoms with Gasteiger partial charge < -0.3 is 9.64 Å². The van der Waals surface area contributed by atoms with Crippen LogP contribution in [0, 0.1) is 0 Å². The van der Waals surface area contributed by atoms with Gasteiger partial charge in [0, 0.05) is 6.54 Å². The largest absolute Gasteiger partial charge is 0.464 e. The minimum atomic E-state index is -0.453. The highest BCUT2D eigenvalue weighted by Gasteiger charge is 2.25. The van der Waals surface area contributed by atoms with Crippen LogP contribution < -0.4 is 0 Å². The van der Waals surface area contributed by atoms with Gasteiger partial charge in [-0.2, -0.15) is 0 Å². The van der Waals surface area contributed by atoms with E-state index in [0.717, 1.165) is 41.5 Å². The van der Waals surface area contributed by atoms with Crippen LogP contribution in [0.15, 0.2) is 84.9 Å². The first-order valence-corrected chi connectivity index (χ1v) is 11.1. The molecule has 3 nitrogen and oxygen atoms in total. The molecule has 0 atom stereocenters. The molecule has 0 aromatic heterocycles. The maximum atomic E-state index is 13.3. The van der Waals surface area contributed by atoms with Crippen LogP contribution in [-0.2, 0) is 9.53 Å². The summed E-state index contributed by atoms with van der Waals surface area (Å²) in [6.07, 6.45) is 0. The van der Waals surface area contributed by atoms with Crippen molar-refractivity contribution in [1.29, 1.82) is 0 Å². The molecule has 0 fully saturated rings. The summed E-state index contributed by atoms with van der Waals surface area (Å²) in [5, 5.41) is 4.58. The fourth-order valence-corrected chi connectivity index (χ4v) is 4.14. The Kier molecular flexibility index (Phi) is 6.63. The monoisotopic (exact) mass is 411 g/mol. The van der Waals surface area contributed by atoms with Crippen LogP contribution in [-0.4, -0.2) is 37.1 Å². The van der Waals surface area contributed by atoms with Crippen molar-refractivity contribution in [3.63, 3.8) is 0 Å². The molecular formula is C28H29NO2. The number of rotatable bonds is 8. The molecule has 0 amide bonds. The van der Waals surface area contributed by atoms with E-state index in [2.05, 4.69) is 67.3 Å². The zero-order chi connectivity index (χ0) is 21.6. The summed E-state index contributed by atoms with van der Waals surface area (Å²) in [5.74, 6) is -0.649. The van der Waals surface area contributed by atoms with Gasteiger partial charge >= 0.3 is 5.97 Å². The number of hydrogen-bond donors (Lipinski definition) is 0. The van der Waals surface area contributed by atoms with Gasteiger partial charge in [-0.1, -0.05) is 86.6 Å². The van der Waals surface area contributed by atoms with Crippen LogP contribution in [0.1, 0.15) is 30.9 Å². The summed E-state index contributed by atoms with van der Waals surface area (Å²) in [7, 11) is 0. The Morgan fingerprint density at radius 1 is 0.742 bits per heavy atom. The van der Waals surface area contributed by atoms with E-state index in [0.29, 0.717) is 6.61 Å². The average molecular weight is 412 g/mol. The lowest BCUT2D eigenvalue weighted by Crippen LogP contribution is -2.29. The zero-order valence-electron chi connectivity index (χ0n) is 18.3. The number of fused-ring (bicyclic) bond motifs is 2. The molecule has 3 heteroatoms. The molecule has 0 heterocycles. The number of likely N-dealkylation sites (N-methyl/N-ethyl adjacent to an activating group) is 1. The standard InChI is InChI=1S/C28H29NO2/c1-3-29(4-2)17-18-31-28(30)27(25-15-13-21-9-5-7-11-23(21)19-25)26-16-14-22-10-6-8-12-24(22)20-26/h5-16,19-20,27H,3-4,17-18H2,1-2H3. The highest BCUT2D eigenvalue weighted by atomic mass is 16.5. The lowest BCUT2D eigenvalue weighted by Gasteiger charge is -2.21. The van der Waals surface area contributed by atoms with E-state index in [1.54, 1.807) is 0 Å². The van der Waals surface area contributed by atoms with Crippen LogP contribution in [0.2, 0.25) is 0 Å². The Morgan fingerprint density at radius 2 is 1.23 bits per heavy atom. The lowest BCUT2D eigenvalue weighted by atomic mass is 9.88. The van der Waals surface area contributed by atoms with Crippen LogP contribution in [0.4, 0.5) is 0 Å². The van der Waals surface area contributed by atoms with E-state index < -0.39 is 5.92 Å². The summed E-state index contributed by atoms with van der Waals surface area (Å²) in [6.45, 7) is 7.30. The first-order chi connectivity index (χ1) is 15.2. The van der Waals surface area contributed by atoms with Gasteiger partial charge in [-0.3, -0.25) is 4.79 Å². The number of esters is 1. The van der Waals surface area contributed by atoms with E-state index in [4.69, 9.17) is 4.74 Å². The molecule has 0 aliphatic rings. The van der Waals surface area contributed by atoms with Crippen molar-refractivity contribution in [2.24, 2.45) is 0 Å². The SMILES string of the molecule is CCN(CC)CCOC(=O)C(c1ccc2ccccc2c1)c1ccc2ccccc2c1. The van der Waals surface area contributed by atoms with Gasteiger partial charge in [0.1, 0.15) is 12.5 Å². The lowest BCUT2D eigenvalue weighted by molar-refractivity contribution is -0.144. The van der Waals surface area contributed by atoms with Crippen LogP contribution in [0.3, 0.4) is 0 Å². The predicted octanol–water partition coefficient (Wildman–Crippen LogP) is 6.01. The van der Waals surface area contributed by atoms with Crippen LogP contribution >= 0.6 is 0 Å². The molecule has 0 N–H and O–H groups in total. The van der Waals surface area contributed by atoms with Gasteiger partial charge in [0.2, 0.25) is 0 Å². The molecule has 0 aliphatic heterocycles. The molecule has 4 aromatic carbocycles. The minimum absolute atomic E-state index is 0.197. The van der Waals surface area contributed by atoms with Crippen LogP contribution in [0.5, 0.6) is 0 Å². The Labute approximate surface area is 184 Å². The second-order valence-electron chi connectivity index (χ2n) is 7.84. The molecule has 31 heavy (non-hydrogen) atoms. The van der Waals surface area contributed by atoms with E-state index in [-0.39, 0.29) is 5.97 Å². The average Bonchev–Trinajstić information content (AvgIpc) is 2.82. The van der Waals surface area contributed by atoms with Crippen molar-refractivity contribution in [3.05, 3.63) is 96.1 Å². The molecule has 4 rings (SSSR count). The smallest absolute Gasteiger partial charge is 0.317 e. The van der Waals surface area contributed by atoms with E-state index in [1.807, 2.05) is 36.4 Å². The van der Waals surface area contributed by atoms with Gasteiger partial charge in [-0.05, 0) is 57.9 Å². The fraction of sp³-hybridized carbons (Fsp3) is 0.250. The third-order valence-corrected chi connectivity index (χ3v) is 6.00. The van der Waals surface area contributed by atoms with Crippen molar-refractivity contribution in [2.45, 2.75) is 19.8 Å². The van der Waals surface area contributed by atoms with Gasteiger partial charge in [-0.15, -0.1) is 0 Å². The number of ether oxygens (including phenoxy) is 1. The molecule has 0 spiro atoms. The number of carbonyl (C=O) groups excluding carboxylic acids is 1. The molecule has 0 saturated heterocycles. The number of carbonyl (C=O) groups is 1. The molecule has 158 valence electrons. The first-order valence-electron chi connectivity index (χ1n) is 11.1. The second-order valence-corrected chi connectivity index (χ2v) is 7.84. The Hall–Kier alpha value is -3.17. The quantitative estimate of drug-likeness (QED) is 0.333. The first kappa shape index (κ1) is 21.1. The molecule has 0 bridgehead atoms. The highest BCUT2D eigenvalue weighted by molar-refractivity contribution is 5.90. The number of nitrogens with zero attached hydrogens (tertiary/aromatic N) is 1. The van der Waals surface area contributed by atoms with Crippen LogP contribution in [0.25, 0.3) is 21.5 Å². The molecule has 4 aromatic rings.